The van der Waals surface area contributed by atoms with E-state index in [0.717, 1.165) is 9.25 Å². The number of aliphatic hydroxyl groups is 1. The summed E-state index contributed by atoms with van der Waals surface area (Å²) in [5.74, 6) is 0. The summed E-state index contributed by atoms with van der Waals surface area (Å²) in [7, 11) is 1.22. The number of hydrogen-bond acceptors (Lipinski definition) is 3. The van der Waals surface area contributed by atoms with Crippen LogP contribution in [-0.4, -0.2) is 25.0 Å². The SMILES string of the molecule is [2H]C([2H])=C(C)C(n1c(=O)n(C)c(=O)n1[2H])C(C)(C)O. The van der Waals surface area contributed by atoms with Gasteiger partial charge in [-0.05, 0) is 20.8 Å². The van der Waals surface area contributed by atoms with E-state index < -0.39 is 29.6 Å². The second kappa shape index (κ2) is 3.79. The molecule has 0 amide bonds. The molecule has 1 atom stereocenters. The van der Waals surface area contributed by atoms with Crippen molar-refractivity contribution < 1.29 is 9.26 Å². The van der Waals surface area contributed by atoms with Crippen LogP contribution in [0.15, 0.2) is 21.7 Å². The first-order valence-corrected chi connectivity index (χ1v) is 4.76. The molecule has 0 aromatic carbocycles. The molecule has 0 saturated heterocycles. The molecule has 6 nitrogen and oxygen atoms in total. The lowest BCUT2D eigenvalue weighted by Gasteiger charge is -2.29. The molecular formula is C10H17N3O3. The predicted octanol–water partition coefficient (Wildman–Crippen LogP) is -0.237. The summed E-state index contributed by atoms with van der Waals surface area (Å²) >= 11 is 0. The van der Waals surface area contributed by atoms with Gasteiger partial charge in [-0.1, -0.05) is 12.1 Å². The molecule has 16 heavy (non-hydrogen) atoms. The molecule has 1 aromatic rings. The molecular weight excluding hydrogens is 210 g/mol. The Morgan fingerprint density at radius 3 is 2.56 bits per heavy atom. The molecule has 0 bridgehead atoms. The Morgan fingerprint density at radius 1 is 1.69 bits per heavy atom. The molecule has 1 aromatic heterocycles. The Morgan fingerprint density at radius 2 is 2.25 bits per heavy atom. The van der Waals surface area contributed by atoms with Crippen LogP contribution in [-0.2, 0) is 7.05 Å². The number of H-pyrrole nitrogens is 1. The van der Waals surface area contributed by atoms with Crippen LogP contribution in [0.25, 0.3) is 0 Å². The topological polar surface area (TPSA) is 80.0 Å². The minimum atomic E-state index is -1.52. The molecule has 0 fully saturated rings. The van der Waals surface area contributed by atoms with Crippen molar-refractivity contribution >= 4 is 0 Å². The molecule has 0 radical (unpaired) electrons. The number of aromatic nitrogens is 3. The molecule has 0 spiro atoms. The van der Waals surface area contributed by atoms with Gasteiger partial charge in [-0.15, -0.1) is 0 Å². The molecule has 0 saturated carbocycles. The van der Waals surface area contributed by atoms with Crippen LogP contribution in [0.4, 0.5) is 0 Å². The van der Waals surface area contributed by atoms with E-state index in [1.165, 1.54) is 27.8 Å². The van der Waals surface area contributed by atoms with Crippen LogP contribution >= 0.6 is 0 Å². The average Bonchev–Trinajstić information content (AvgIpc) is 2.45. The lowest BCUT2D eigenvalue weighted by Crippen LogP contribution is -2.40. The van der Waals surface area contributed by atoms with Gasteiger partial charge >= 0.3 is 11.4 Å². The van der Waals surface area contributed by atoms with E-state index >= 15 is 0 Å². The van der Waals surface area contributed by atoms with E-state index in [0.29, 0.717) is 5.09 Å². The highest BCUT2D eigenvalue weighted by molar-refractivity contribution is 5.06. The van der Waals surface area contributed by atoms with Crippen LogP contribution in [0.5, 0.6) is 0 Å². The Bertz CT molecular complexity index is 629. The third-order valence-electron chi connectivity index (χ3n) is 2.29. The van der Waals surface area contributed by atoms with Gasteiger partial charge in [-0.3, -0.25) is 0 Å². The molecule has 1 heterocycles. The first-order chi connectivity index (χ1) is 8.50. The van der Waals surface area contributed by atoms with Crippen molar-refractivity contribution in [2.24, 2.45) is 7.05 Å². The molecule has 90 valence electrons. The number of nitrogens with one attached hydrogen (secondary N) is 1. The first-order valence-electron chi connectivity index (χ1n) is 6.21. The monoisotopic (exact) mass is 230 g/mol. The fourth-order valence-corrected chi connectivity index (χ4v) is 1.62. The van der Waals surface area contributed by atoms with Gasteiger partial charge in [0.15, 0.2) is 1.41 Å². The van der Waals surface area contributed by atoms with Gasteiger partial charge in [-0.2, -0.15) is 0 Å². The zero-order chi connectivity index (χ0) is 15.1. The third-order valence-corrected chi connectivity index (χ3v) is 2.29. The smallest absolute Gasteiger partial charge is 0.347 e. The van der Waals surface area contributed by atoms with Crippen LogP contribution < -0.4 is 11.4 Å². The molecule has 1 unspecified atom stereocenters. The summed E-state index contributed by atoms with van der Waals surface area (Å²) in [5, 5.41) is 10.5. The largest absolute Gasteiger partial charge is 0.388 e. The first kappa shape index (κ1) is 8.58. The van der Waals surface area contributed by atoms with Crippen molar-refractivity contribution in [1.29, 1.82) is 0 Å². The third kappa shape index (κ3) is 2.01. The number of hydrogen-bond donors (Lipinski definition) is 2. The Balaban J connectivity index is 3.72. The predicted molar refractivity (Wildman–Crippen MR) is 60.4 cm³/mol. The van der Waals surface area contributed by atoms with Gasteiger partial charge in [0.1, 0.15) is 6.04 Å². The Kier molecular flexibility index (Phi) is 2.03. The maximum atomic E-state index is 12.0. The zero-order valence-electron chi connectivity index (χ0n) is 12.7. The maximum Gasteiger partial charge on any atom is 0.347 e. The van der Waals surface area contributed by atoms with Crippen LogP contribution in [0.1, 0.15) is 29.6 Å². The summed E-state index contributed by atoms with van der Waals surface area (Å²) in [6.45, 7) is 3.60. The van der Waals surface area contributed by atoms with E-state index in [-0.39, 0.29) is 5.57 Å². The second-order valence-corrected chi connectivity index (χ2v) is 4.31. The number of aromatic amines is 1. The minimum Gasteiger partial charge on any atom is -0.388 e. The number of nitrogens with zero attached hydrogens (tertiary/aromatic N) is 2. The summed E-state index contributed by atoms with van der Waals surface area (Å²) in [4.78, 5) is 23.5. The lowest BCUT2D eigenvalue weighted by molar-refractivity contribution is 0.0315. The fourth-order valence-electron chi connectivity index (χ4n) is 1.62. The highest BCUT2D eigenvalue weighted by Gasteiger charge is 2.31. The lowest BCUT2D eigenvalue weighted by atomic mass is 9.94. The van der Waals surface area contributed by atoms with Crippen molar-refractivity contribution in [1.82, 2.24) is 14.3 Å². The summed E-state index contributed by atoms with van der Waals surface area (Å²) in [5.41, 5.74) is -3.07. The summed E-state index contributed by atoms with van der Waals surface area (Å²) in [6, 6.07) is -1.14. The van der Waals surface area contributed by atoms with Crippen molar-refractivity contribution in [2.45, 2.75) is 32.4 Å². The van der Waals surface area contributed by atoms with E-state index in [1.54, 1.807) is 0 Å². The van der Waals surface area contributed by atoms with Crippen molar-refractivity contribution in [2.75, 3.05) is 0 Å². The van der Waals surface area contributed by atoms with Crippen LogP contribution in [0, 0.1) is 0 Å². The van der Waals surface area contributed by atoms with Crippen LogP contribution in [0.3, 0.4) is 0 Å². The van der Waals surface area contributed by atoms with Gasteiger partial charge in [0, 0.05) is 7.05 Å². The van der Waals surface area contributed by atoms with Gasteiger partial charge in [-0.25, -0.2) is 23.9 Å². The maximum absolute atomic E-state index is 12.0. The zero-order valence-corrected chi connectivity index (χ0v) is 9.68. The van der Waals surface area contributed by atoms with Gasteiger partial charge in [0.25, 0.3) is 0 Å². The highest BCUT2D eigenvalue weighted by Crippen LogP contribution is 2.25. The van der Waals surface area contributed by atoms with Gasteiger partial charge in [0.2, 0.25) is 0 Å². The van der Waals surface area contributed by atoms with E-state index in [1.807, 2.05) is 0 Å². The van der Waals surface area contributed by atoms with Crippen molar-refractivity contribution in [3.63, 3.8) is 0 Å². The highest BCUT2D eigenvalue weighted by atomic mass is 16.3. The van der Waals surface area contributed by atoms with E-state index in [9.17, 15) is 14.7 Å². The molecule has 0 aliphatic heterocycles. The van der Waals surface area contributed by atoms with Crippen molar-refractivity contribution in [3.8, 4) is 0 Å². The van der Waals surface area contributed by atoms with Gasteiger partial charge in [0.05, 0.1) is 8.34 Å². The van der Waals surface area contributed by atoms with Gasteiger partial charge < -0.3 is 5.11 Å². The second-order valence-electron chi connectivity index (χ2n) is 4.31. The molecule has 0 aliphatic carbocycles. The Hall–Kier alpha value is -1.56. The normalized spacial score (nSPS) is 16.2. The molecule has 2 N–H and O–H groups in total. The van der Waals surface area contributed by atoms with E-state index in [2.05, 4.69) is 0 Å². The molecule has 0 aliphatic rings. The minimum absolute atomic E-state index is 0.0844. The Labute approximate surface area is 97.1 Å². The summed E-state index contributed by atoms with van der Waals surface area (Å²) < 4.78 is 23.7. The quantitative estimate of drug-likeness (QED) is 0.703. The average molecular weight is 230 g/mol. The van der Waals surface area contributed by atoms with Crippen LogP contribution in [0.2, 0.25) is 1.41 Å². The standard InChI is InChI=1S/C10H17N3O3/c1-6(2)7(10(3,4)16)13-9(15)12(5)8(14)11-13/h7,16H,1H2,2-5H3,(H,11,14)/i1D2/hD. The molecule has 6 heteroatoms. The van der Waals surface area contributed by atoms with Crippen molar-refractivity contribution in [3.05, 3.63) is 33.1 Å². The fraction of sp³-hybridized carbons (Fsp3) is 0.600. The number of rotatable bonds is 3. The molecule has 1 rings (SSSR count). The van der Waals surface area contributed by atoms with E-state index in [4.69, 9.17) is 4.15 Å². The summed E-state index contributed by atoms with van der Waals surface area (Å²) in [6.07, 6.45) is 0.